The summed E-state index contributed by atoms with van der Waals surface area (Å²) in [4.78, 5) is 19.2. The van der Waals surface area contributed by atoms with E-state index < -0.39 is 0 Å². The van der Waals surface area contributed by atoms with E-state index >= 15 is 0 Å². The molecular formula is C18H17N3O2. The van der Waals surface area contributed by atoms with E-state index in [4.69, 9.17) is 4.74 Å². The van der Waals surface area contributed by atoms with Gasteiger partial charge in [-0.2, -0.15) is 0 Å². The van der Waals surface area contributed by atoms with Crippen molar-refractivity contribution in [2.75, 3.05) is 11.9 Å². The van der Waals surface area contributed by atoms with Crippen molar-refractivity contribution in [3.63, 3.8) is 0 Å². The van der Waals surface area contributed by atoms with E-state index in [1.54, 1.807) is 6.33 Å². The SMILES string of the molecule is Cc1[nH]cnc1-c1ccc(NC(=O)COc2ccccc2)cc1. The molecule has 0 radical (unpaired) electrons. The van der Waals surface area contributed by atoms with Crippen LogP contribution in [0.1, 0.15) is 5.69 Å². The van der Waals surface area contributed by atoms with E-state index in [2.05, 4.69) is 15.3 Å². The molecule has 5 heteroatoms. The second-order valence-corrected chi connectivity index (χ2v) is 5.10. The number of hydrogen-bond acceptors (Lipinski definition) is 3. The summed E-state index contributed by atoms with van der Waals surface area (Å²) in [7, 11) is 0. The zero-order valence-corrected chi connectivity index (χ0v) is 12.7. The molecule has 2 aromatic carbocycles. The molecule has 0 saturated carbocycles. The van der Waals surface area contributed by atoms with Crippen LogP contribution in [0.25, 0.3) is 11.3 Å². The Labute approximate surface area is 134 Å². The van der Waals surface area contributed by atoms with Crippen molar-refractivity contribution >= 4 is 11.6 Å². The molecule has 23 heavy (non-hydrogen) atoms. The van der Waals surface area contributed by atoms with Gasteiger partial charge in [0.2, 0.25) is 0 Å². The van der Waals surface area contributed by atoms with Gasteiger partial charge in [0.05, 0.1) is 12.0 Å². The maximum absolute atomic E-state index is 11.9. The number of aromatic nitrogens is 2. The quantitative estimate of drug-likeness (QED) is 0.759. The molecule has 1 amide bonds. The van der Waals surface area contributed by atoms with Gasteiger partial charge in [0.1, 0.15) is 5.75 Å². The first-order valence-electron chi connectivity index (χ1n) is 7.30. The van der Waals surface area contributed by atoms with Gasteiger partial charge >= 0.3 is 0 Å². The highest BCUT2D eigenvalue weighted by Gasteiger charge is 2.06. The number of hydrogen-bond donors (Lipinski definition) is 2. The van der Waals surface area contributed by atoms with Gasteiger partial charge < -0.3 is 15.0 Å². The number of nitrogens with zero attached hydrogens (tertiary/aromatic N) is 1. The fourth-order valence-corrected chi connectivity index (χ4v) is 2.22. The molecule has 5 nitrogen and oxygen atoms in total. The summed E-state index contributed by atoms with van der Waals surface area (Å²) in [6.45, 7) is 1.95. The number of benzene rings is 2. The number of rotatable bonds is 5. The zero-order chi connectivity index (χ0) is 16.1. The molecule has 3 rings (SSSR count). The Balaban J connectivity index is 1.58. The first-order valence-corrected chi connectivity index (χ1v) is 7.30. The number of imidazole rings is 1. The molecule has 0 saturated heterocycles. The van der Waals surface area contributed by atoms with E-state index in [9.17, 15) is 4.79 Å². The Morgan fingerprint density at radius 1 is 1.13 bits per heavy atom. The number of anilines is 1. The number of aromatic amines is 1. The minimum Gasteiger partial charge on any atom is -0.484 e. The van der Waals surface area contributed by atoms with Crippen LogP contribution in [-0.4, -0.2) is 22.5 Å². The molecule has 0 bridgehead atoms. The molecular weight excluding hydrogens is 290 g/mol. The topological polar surface area (TPSA) is 67.0 Å². The van der Waals surface area contributed by atoms with E-state index in [0.717, 1.165) is 22.6 Å². The van der Waals surface area contributed by atoms with Crippen LogP contribution in [0.3, 0.4) is 0 Å². The molecule has 0 aliphatic rings. The summed E-state index contributed by atoms with van der Waals surface area (Å²) >= 11 is 0. The number of carbonyl (C=O) groups is 1. The van der Waals surface area contributed by atoms with Crippen LogP contribution >= 0.6 is 0 Å². The highest BCUT2D eigenvalue weighted by atomic mass is 16.5. The van der Waals surface area contributed by atoms with E-state index in [1.807, 2.05) is 61.5 Å². The van der Waals surface area contributed by atoms with Crippen molar-refractivity contribution in [1.29, 1.82) is 0 Å². The minimum atomic E-state index is -0.197. The van der Waals surface area contributed by atoms with Crippen LogP contribution in [0.5, 0.6) is 5.75 Å². The number of aryl methyl sites for hydroxylation is 1. The monoisotopic (exact) mass is 307 g/mol. The van der Waals surface area contributed by atoms with Crippen molar-refractivity contribution in [3.05, 3.63) is 66.6 Å². The van der Waals surface area contributed by atoms with Crippen molar-refractivity contribution in [2.24, 2.45) is 0 Å². The Morgan fingerprint density at radius 3 is 2.52 bits per heavy atom. The first-order chi connectivity index (χ1) is 11.2. The van der Waals surface area contributed by atoms with Crippen LogP contribution in [0.2, 0.25) is 0 Å². The molecule has 0 spiro atoms. The van der Waals surface area contributed by atoms with Gasteiger partial charge in [-0.15, -0.1) is 0 Å². The highest BCUT2D eigenvalue weighted by Crippen LogP contribution is 2.21. The molecule has 0 aliphatic carbocycles. The average molecular weight is 307 g/mol. The maximum Gasteiger partial charge on any atom is 0.262 e. The zero-order valence-electron chi connectivity index (χ0n) is 12.7. The third kappa shape index (κ3) is 3.77. The lowest BCUT2D eigenvalue weighted by Crippen LogP contribution is -2.20. The van der Waals surface area contributed by atoms with Crippen molar-refractivity contribution in [2.45, 2.75) is 6.92 Å². The molecule has 1 aromatic heterocycles. The Hall–Kier alpha value is -3.08. The molecule has 1 heterocycles. The number of H-pyrrole nitrogens is 1. The second-order valence-electron chi connectivity index (χ2n) is 5.10. The average Bonchev–Trinajstić information content (AvgIpc) is 3.01. The molecule has 116 valence electrons. The Bertz CT molecular complexity index is 780. The molecule has 0 aliphatic heterocycles. The summed E-state index contributed by atoms with van der Waals surface area (Å²) < 4.78 is 5.41. The third-order valence-electron chi connectivity index (χ3n) is 3.39. The number of ether oxygens (including phenoxy) is 1. The summed E-state index contributed by atoms with van der Waals surface area (Å²) in [6.07, 6.45) is 1.67. The van der Waals surface area contributed by atoms with E-state index in [-0.39, 0.29) is 12.5 Å². The van der Waals surface area contributed by atoms with Gasteiger partial charge in [0.15, 0.2) is 6.61 Å². The molecule has 2 N–H and O–H groups in total. The van der Waals surface area contributed by atoms with Gasteiger partial charge in [-0.1, -0.05) is 30.3 Å². The summed E-state index contributed by atoms with van der Waals surface area (Å²) in [5, 5.41) is 2.81. The fraction of sp³-hybridized carbons (Fsp3) is 0.111. The van der Waals surface area contributed by atoms with Gasteiger partial charge in [-0.25, -0.2) is 4.98 Å². The fourth-order valence-electron chi connectivity index (χ4n) is 2.22. The van der Waals surface area contributed by atoms with Crippen LogP contribution < -0.4 is 10.1 Å². The second kappa shape index (κ2) is 6.79. The lowest BCUT2D eigenvalue weighted by Gasteiger charge is -2.08. The van der Waals surface area contributed by atoms with E-state index in [1.165, 1.54) is 0 Å². The standard InChI is InChI=1S/C18H17N3O2/c1-13-18(20-12-19-13)14-7-9-15(10-8-14)21-17(22)11-23-16-5-3-2-4-6-16/h2-10,12H,11H2,1H3,(H,19,20)(H,21,22). The Kier molecular flexibility index (Phi) is 4.38. The largest absolute Gasteiger partial charge is 0.484 e. The normalized spacial score (nSPS) is 10.3. The predicted octanol–water partition coefficient (Wildman–Crippen LogP) is 3.40. The maximum atomic E-state index is 11.9. The molecule has 0 fully saturated rings. The number of para-hydroxylation sites is 1. The smallest absolute Gasteiger partial charge is 0.262 e. The lowest BCUT2D eigenvalue weighted by atomic mass is 10.1. The number of carbonyl (C=O) groups excluding carboxylic acids is 1. The van der Waals surface area contributed by atoms with Crippen molar-refractivity contribution in [1.82, 2.24) is 9.97 Å². The summed E-state index contributed by atoms with van der Waals surface area (Å²) in [5.74, 6) is 0.476. The van der Waals surface area contributed by atoms with Crippen LogP contribution in [0, 0.1) is 6.92 Å². The number of amides is 1. The van der Waals surface area contributed by atoms with Crippen LogP contribution in [-0.2, 0) is 4.79 Å². The van der Waals surface area contributed by atoms with Gasteiger partial charge in [0, 0.05) is 16.9 Å². The molecule has 0 unspecified atom stereocenters. The Morgan fingerprint density at radius 2 is 1.87 bits per heavy atom. The molecule has 0 atom stereocenters. The highest BCUT2D eigenvalue weighted by molar-refractivity contribution is 5.92. The predicted molar refractivity (Wildman–Crippen MR) is 89.3 cm³/mol. The number of nitrogens with one attached hydrogen (secondary N) is 2. The third-order valence-corrected chi connectivity index (χ3v) is 3.39. The summed E-state index contributed by atoms with van der Waals surface area (Å²) in [6, 6.07) is 16.8. The van der Waals surface area contributed by atoms with Crippen LogP contribution in [0.4, 0.5) is 5.69 Å². The van der Waals surface area contributed by atoms with Gasteiger partial charge in [0.25, 0.3) is 5.91 Å². The van der Waals surface area contributed by atoms with Crippen LogP contribution in [0.15, 0.2) is 60.9 Å². The van der Waals surface area contributed by atoms with Gasteiger partial charge in [-0.3, -0.25) is 4.79 Å². The van der Waals surface area contributed by atoms with Crippen molar-refractivity contribution in [3.8, 4) is 17.0 Å². The lowest BCUT2D eigenvalue weighted by molar-refractivity contribution is -0.118. The first kappa shape index (κ1) is 14.8. The van der Waals surface area contributed by atoms with Crippen molar-refractivity contribution < 1.29 is 9.53 Å². The van der Waals surface area contributed by atoms with E-state index in [0.29, 0.717) is 5.75 Å². The minimum absolute atomic E-state index is 0.0236. The van der Waals surface area contributed by atoms with Gasteiger partial charge in [-0.05, 0) is 31.2 Å². The summed E-state index contributed by atoms with van der Waals surface area (Å²) in [5.41, 5.74) is 3.65. The molecule has 3 aromatic rings.